The lowest BCUT2D eigenvalue weighted by Crippen LogP contribution is -2.10. The van der Waals surface area contributed by atoms with Crippen LogP contribution < -0.4 is 5.32 Å². The molecule has 0 aliphatic heterocycles. The summed E-state index contributed by atoms with van der Waals surface area (Å²) in [6.45, 7) is 0.868. The number of fused-ring (bicyclic) bond motifs is 1. The van der Waals surface area contributed by atoms with E-state index in [4.69, 9.17) is 0 Å². The first kappa shape index (κ1) is 19.3. The summed E-state index contributed by atoms with van der Waals surface area (Å²) in [7, 11) is 3.06. The molecule has 1 unspecified atom stereocenters. The summed E-state index contributed by atoms with van der Waals surface area (Å²) in [4.78, 5) is 7.53. The van der Waals surface area contributed by atoms with Crippen molar-refractivity contribution in [3.63, 3.8) is 0 Å². The van der Waals surface area contributed by atoms with Gasteiger partial charge in [0.2, 0.25) is 5.95 Å². The van der Waals surface area contributed by atoms with Crippen LogP contribution in [0, 0.1) is 0 Å². The van der Waals surface area contributed by atoms with Crippen LogP contribution in [0.1, 0.15) is 5.56 Å². The summed E-state index contributed by atoms with van der Waals surface area (Å²) in [5, 5.41) is 7.96. The average Bonchev–Trinajstić information content (AvgIpc) is 3.10. The molecule has 0 saturated heterocycles. The van der Waals surface area contributed by atoms with E-state index in [9.17, 15) is 4.21 Å². The molecule has 1 atom stereocenters. The van der Waals surface area contributed by atoms with Gasteiger partial charge < -0.3 is 10.2 Å². The molecule has 6 nitrogen and oxygen atoms in total. The van der Waals surface area contributed by atoms with Gasteiger partial charge in [-0.2, -0.15) is 4.98 Å². The first-order valence-corrected chi connectivity index (χ1v) is 10.9. The maximum atomic E-state index is 11.9. The van der Waals surface area contributed by atoms with Crippen LogP contribution in [0.4, 0.5) is 11.6 Å². The normalized spacial score (nSPS) is 12.4. The number of nitrogens with zero attached hydrogens (tertiary/aromatic N) is 4. The summed E-state index contributed by atoms with van der Waals surface area (Å²) >= 11 is 0. The van der Waals surface area contributed by atoms with Crippen LogP contribution in [0.15, 0.2) is 71.6 Å². The fraction of sp³-hybridized carbons (Fsp3) is 0.182. The van der Waals surface area contributed by atoms with Crippen molar-refractivity contribution >= 4 is 28.1 Å². The highest BCUT2D eigenvalue weighted by Crippen LogP contribution is 2.24. The van der Waals surface area contributed by atoms with E-state index in [2.05, 4.69) is 32.4 Å². The Morgan fingerprint density at radius 2 is 1.83 bits per heavy atom. The molecule has 4 rings (SSSR count). The summed E-state index contributed by atoms with van der Waals surface area (Å²) in [5.74, 6) is 0.537. The molecule has 0 aliphatic carbocycles. The van der Waals surface area contributed by atoms with Crippen molar-refractivity contribution in [3.8, 4) is 11.3 Å². The topological polar surface area (TPSA) is 62.5 Å². The number of hydrogen-bond acceptors (Lipinski definition) is 5. The third kappa shape index (κ3) is 4.36. The first-order chi connectivity index (χ1) is 14.0. The number of anilines is 2. The van der Waals surface area contributed by atoms with Gasteiger partial charge in [0.05, 0.1) is 5.69 Å². The highest BCUT2D eigenvalue weighted by molar-refractivity contribution is 7.84. The lowest BCUT2D eigenvalue weighted by atomic mass is 10.1. The fourth-order valence-electron chi connectivity index (χ4n) is 3.25. The first-order valence-electron chi connectivity index (χ1n) is 9.30. The summed E-state index contributed by atoms with van der Waals surface area (Å²) < 4.78 is 13.7. The minimum Gasteiger partial charge on any atom is -0.323 e. The van der Waals surface area contributed by atoms with Crippen LogP contribution in [0.5, 0.6) is 0 Å². The smallest absolute Gasteiger partial charge is 0.247 e. The number of aromatic nitrogens is 3. The van der Waals surface area contributed by atoms with Crippen molar-refractivity contribution < 1.29 is 4.21 Å². The Bertz CT molecular complexity index is 1180. The van der Waals surface area contributed by atoms with Crippen molar-refractivity contribution in [2.45, 2.75) is 11.4 Å². The molecule has 7 heteroatoms. The minimum absolute atomic E-state index is 0.537. The highest BCUT2D eigenvalue weighted by atomic mass is 32.2. The molecule has 0 aliphatic rings. The second kappa shape index (κ2) is 8.14. The zero-order chi connectivity index (χ0) is 20.4. The molecule has 2 aromatic heterocycles. The monoisotopic (exact) mass is 405 g/mol. The minimum atomic E-state index is -1.04. The molecular formula is C22H23N5OS. The predicted molar refractivity (Wildman–Crippen MR) is 118 cm³/mol. The van der Waals surface area contributed by atoms with Crippen molar-refractivity contribution in [1.82, 2.24) is 19.5 Å². The number of hydrogen-bond donors (Lipinski definition) is 1. The maximum Gasteiger partial charge on any atom is 0.247 e. The molecule has 0 bridgehead atoms. The Hall–Kier alpha value is -3.03. The molecule has 2 aromatic carbocycles. The van der Waals surface area contributed by atoms with Crippen LogP contribution in [-0.2, 0) is 17.3 Å². The molecule has 0 spiro atoms. The van der Waals surface area contributed by atoms with Gasteiger partial charge in [-0.3, -0.25) is 4.21 Å². The predicted octanol–water partition coefficient (Wildman–Crippen LogP) is 3.94. The van der Waals surface area contributed by atoms with Gasteiger partial charge in [0.15, 0.2) is 5.65 Å². The summed E-state index contributed by atoms with van der Waals surface area (Å²) in [6.07, 6.45) is 1.68. The molecule has 0 fully saturated rings. The van der Waals surface area contributed by atoms with E-state index in [-0.39, 0.29) is 0 Å². The zero-order valence-corrected chi connectivity index (χ0v) is 17.5. The second-order valence-electron chi connectivity index (χ2n) is 7.16. The van der Waals surface area contributed by atoms with E-state index in [1.54, 1.807) is 6.26 Å². The van der Waals surface area contributed by atoms with E-state index in [0.29, 0.717) is 5.95 Å². The van der Waals surface area contributed by atoms with Gasteiger partial charge in [0.1, 0.15) is 0 Å². The lowest BCUT2D eigenvalue weighted by molar-refractivity contribution is 0.402. The summed E-state index contributed by atoms with van der Waals surface area (Å²) in [6, 6.07) is 21.8. The van der Waals surface area contributed by atoms with Crippen molar-refractivity contribution in [2.75, 3.05) is 25.7 Å². The molecule has 0 saturated carbocycles. The quantitative estimate of drug-likeness (QED) is 0.526. The zero-order valence-electron chi connectivity index (χ0n) is 16.7. The van der Waals surface area contributed by atoms with Gasteiger partial charge in [-0.25, -0.2) is 4.52 Å². The van der Waals surface area contributed by atoms with Crippen molar-refractivity contribution in [2.24, 2.45) is 0 Å². The molecule has 2 heterocycles. The Balaban J connectivity index is 1.68. The molecule has 4 aromatic rings. The average molecular weight is 406 g/mol. The van der Waals surface area contributed by atoms with Crippen LogP contribution in [0.3, 0.4) is 0 Å². The number of rotatable bonds is 6. The Morgan fingerprint density at radius 3 is 2.62 bits per heavy atom. The van der Waals surface area contributed by atoms with Crippen LogP contribution >= 0.6 is 0 Å². The Kier molecular flexibility index (Phi) is 5.42. The molecule has 0 radical (unpaired) electrons. The fourth-order valence-corrected chi connectivity index (χ4v) is 3.82. The molecule has 0 amide bonds. The van der Waals surface area contributed by atoms with Crippen LogP contribution in [0.25, 0.3) is 16.9 Å². The van der Waals surface area contributed by atoms with Gasteiger partial charge in [-0.05, 0) is 56.1 Å². The highest BCUT2D eigenvalue weighted by Gasteiger charge is 2.10. The third-order valence-corrected chi connectivity index (χ3v) is 5.42. The van der Waals surface area contributed by atoms with Crippen LogP contribution in [0.2, 0.25) is 0 Å². The Labute approximate surface area is 172 Å². The molecule has 1 N–H and O–H groups in total. The van der Waals surface area contributed by atoms with E-state index < -0.39 is 10.8 Å². The summed E-state index contributed by atoms with van der Waals surface area (Å²) in [5.41, 5.74) is 4.76. The Morgan fingerprint density at radius 1 is 1.03 bits per heavy atom. The van der Waals surface area contributed by atoms with Crippen molar-refractivity contribution in [1.29, 1.82) is 0 Å². The van der Waals surface area contributed by atoms with Crippen molar-refractivity contribution in [3.05, 3.63) is 72.3 Å². The molecule has 29 heavy (non-hydrogen) atoms. The number of pyridine rings is 1. The molecule has 148 valence electrons. The van der Waals surface area contributed by atoms with Gasteiger partial charge >= 0.3 is 0 Å². The molecular weight excluding hydrogens is 382 g/mol. The largest absolute Gasteiger partial charge is 0.323 e. The number of benzene rings is 2. The standard InChI is InChI=1S/C22H23N5OS/c1-26(2)15-16-7-4-9-18(13-16)23-22-24-21-12-6-11-20(27(21)25-22)17-8-5-10-19(14-17)29(3)28/h4-14H,15H2,1-3H3,(H,23,25). The van der Waals surface area contributed by atoms with Gasteiger partial charge in [-0.1, -0.05) is 30.3 Å². The van der Waals surface area contributed by atoms with Gasteiger partial charge in [0, 0.05) is 39.7 Å². The van der Waals surface area contributed by atoms with E-state index >= 15 is 0 Å². The van der Waals surface area contributed by atoms with Gasteiger partial charge in [-0.15, -0.1) is 5.10 Å². The van der Waals surface area contributed by atoms with Crippen LogP contribution in [-0.4, -0.2) is 44.1 Å². The van der Waals surface area contributed by atoms with Gasteiger partial charge in [0.25, 0.3) is 0 Å². The second-order valence-corrected chi connectivity index (χ2v) is 8.54. The van der Waals surface area contributed by atoms with E-state index in [1.165, 1.54) is 5.56 Å². The third-order valence-electron chi connectivity index (χ3n) is 4.50. The SMILES string of the molecule is CN(C)Cc1cccc(Nc2nc3cccc(-c4cccc(S(C)=O)c4)n3n2)c1. The lowest BCUT2D eigenvalue weighted by Gasteiger charge is -2.10. The maximum absolute atomic E-state index is 11.9. The van der Waals surface area contributed by atoms with E-state index in [0.717, 1.165) is 34.0 Å². The van der Waals surface area contributed by atoms with E-state index in [1.807, 2.05) is 73.2 Å². The number of nitrogens with one attached hydrogen (secondary N) is 1.